The molecular weight excluding hydrogens is 373 g/mol. The molecule has 0 spiro atoms. The maximum Gasteiger partial charge on any atom is 0.227 e. The summed E-state index contributed by atoms with van der Waals surface area (Å²) in [6.45, 7) is 1.45. The van der Waals surface area contributed by atoms with Crippen molar-refractivity contribution in [3.05, 3.63) is 72.0 Å². The van der Waals surface area contributed by atoms with Crippen LogP contribution in [0.2, 0.25) is 0 Å². The van der Waals surface area contributed by atoms with Gasteiger partial charge in [-0.2, -0.15) is 0 Å². The van der Waals surface area contributed by atoms with E-state index in [9.17, 15) is 9.18 Å². The molecule has 1 N–H and O–H groups in total. The smallest absolute Gasteiger partial charge is 0.227 e. The molecule has 1 aliphatic rings. The first kappa shape index (κ1) is 19.3. The van der Waals surface area contributed by atoms with Gasteiger partial charge in [-0.3, -0.25) is 9.78 Å². The summed E-state index contributed by atoms with van der Waals surface area (Å²) in [4.78, 5) is 17.1. The van der Waals surface area contributed by atoms with Crippen LogP contribution in [0.25, 0.3) is 11.3 Å². The van der Waals surface area contributed by atoms with Crippen LogP contribution < -0.4 is 5.32 Å². The Morgan fingerprint density at radius 2 is 1.90 bits per heavy atom. The molecule has 7 heteroatoms. The second-order valence-corrected chi connectivity index (χ2v) is 7.27. The van der Waals surface area contributed by atoms with Gasteiger partial charge in [-0.05, 0) is 42.7 Å². The van der Waals surface area contributed by atoms with Crippen LogP contribution in [0, 0.1) is 11.2 Å². The van der Waals surface area contributed by atoms with E-state index in [4.69, 9.17) is 9.26 Å². The molecule has 0 radical (unpaired) electrons. The molecule has 6 nitrogen and oxygen atoms in total. The van der Waals surface area contributed by atoms with E-state index in [-0.39, 0.29) is 11.7 Å². The third-order valence-corrected chi connectivity index (χ3v) is 5.36. The summed E-state index contributed by atoms with van der Waals surface area (Å²) < 4.78 is 25.0. The van der Waals surface area contributed by atoms with Crippen molar-refractivity contribution >= 4 is 5.91 Å². The SMILES string of the molecule is O=C(NCc1ccncc1)C1(Cc2cc(-c3ccccc3F)no2)CCOCC1. The van der Waals surface area contributed by atoms with Crippen LogP contribution in [0.1, 0.15) is 24.2 Å². The average molecular weight is 395 g/mol. The maximum absolute atomic E-state index is 14.0. The third kappa shape index (κ3) is 4.35. The van der Waals surface area contributed by atoms with Gasteiger partial charge in [-0.1, -0.05) is 17.3 Å². The van der Waals surface area contributed by atoms with Crippen molar-refractivity contribution in [2.24, 2.45) is 5.41 Å². The lowest BCUT2D eigenvalue weighted by atomic mass is 9.75. The molecule has 0 unspecified atom stereocenters. The molecular formula is C22H22FN3O3. The lowest BCUT2D eigenvalue weighted by molar-refractivity contribution is -0.137. The zero-order chi connectivity index (χ0) is 20.1. The number of aromatic nitrogens is 2. The molecule has 0 bridgehead atoms. The molecule has 1 saturated heterocycles. The Labute approximate surface area is 168 Å². The zero-order valence-electron chi connectivity index (χ0n) is 15.9. The standard InChI is InChI=1S/C22H22FN3O3/c23-19-4-2-1-3-18(19)20-13-17(29-26-20)14-22(7-11-28-12-8-22)21(27)25-15-16-5-9-24-10-6-16/h1-6,9-10,13H,7-8,11-12,14-15H2,(H,25,27). The number of rotatable bonds is 6. The fourth-order valence-corrected chi connectivity index (χ4v) is 3.64. The minimum absolute atomic E-state index is 0.0403. The van der Waals surface area contributed by atoms with Gasteiger partial charge in [0.1, 0.15) is 17.3 Å². The highest BCUT2D eigenvalue weighted by atomic mass is 19.1. The van der Waals surface area contributed by atoms with E-state index < -0.39 is 5.41 Å². The number of carbonyl (C=O) groups excluding carboxylic acids is 1. The Balaban J connectivity index is 1.51. The van der Waals surface area contributed by atoms with Crippen LogP contribution in [0.15, 0.2) is 59.4 Å². The highest BCUT2D eigenvalue weighted by molar-refractivity contribution is 5.83. The Hall–Kier alpha value is -3.06. The number of hydrogen-bond donors (Lipinski definition) is 1. The Morgan fingerprint density at radius 3 is 2.66 bits per heavy atom. The first-order valence-electron chi connectivity index (χ1n) is 9.62. The van der Waals surface area contributed by atoms with Gasteiger partial charge in [-0.25, -0.2) is 4.39 Å². The minimum atomic E-state index is -0.642. The van der Waals surface area contributed by atoms with Gasteiger partial charge in [0, 0.05) is 50.2 Å². The predicted molar refractivity (Wildman–Crippen MR) is 104 cm³/mol. The monoisotopic (exact) mass is 395 g/mol. The number of ether oxygens (including phenoxy) is 1. The summed E-state index contributed by atoms with van der Waals surface area (Å²) in [5.41, 5.74) is 1.15. The predicted octanol–water partition coefficient (Wildman–Crippen LogP) is 3.53. The molecule has 2 aromatic heterocycles. The molecule has 150 valence electrons. The van der Waals surface area contributed by atoms with Crippen LogP contribution in [0.4, 0.5) is 4.39 Å². The number of benzene rings is 1. The normalized spacial score (nSPS) is 15.8. The van der Waals surface area contributed by atoms with E-state index in [0.717, 1.165) is 5.56 Å². The maximum atomic E-state index is 14.0. The van der Waals surface area contributed by atoms with Crippen molar-refractivity contribution in [3.63, 3.8) is 0 Å². The third-order valence-electron chi connectivity index (χ3n) is 5.36. The largest absolute Gasteiger partial charge is 0.381 e. The van der Waals surface area contributed by atoms with Crippen LogP contribution >= 0.6 is 0 Å². The van der Waals surface area contributed by atoms with Crippen molar-refractivity contribution in [3.8, 4) is 11.3 Å². The van der Waals surface area contributed by atoms with Crippen LogP contribution in [0.3, 0.4) is 0 Å². The van der Waals surface area contributed by atoms with Gasteiger partial charge in [0.2, 0.25) is 5.91 Å². The summed E-state index contributed by atoms with van der Waals surface area (Å²) >= 11 is 0. The Morgan fingerprint density at radius 1 is 1.14 bits per heavy atom. The molecule has 29 heavy (non-hydrogen) atoms. The van der Waals surface area contributed by atoms with Crippen LogP contribution in [0.5, 0.6) is 0 Å². The van der Waals surface area contributed by atoms with Gasteiger partial charge in [0.25, 0.3) is 0 Å². The molecule has 4 rings (SSSR count). The fraction of sp³-hybridized carbons (Fsp3) is 0.318. The topological polar surface area (TPSA) is 77.3 Å². The lowest BCUT2D eigenvalue weighted by Gasteiger charge is -2.35. The number of hydrogen-bond acceptors (Lipinski definition) is 5. The number of nitrogens with one attached hydrogen (secondary N) is 1. The number of nitrogens with zero attached hydrogens (tertiary/aromatic N) is 2. The second kappa shape index (κ2) is 8.53. The quantitative estimate of drug-likeness (QED) is 0.691. The molecule has 1 amide bonds. The number of pyridine rings is 1. The second-order valence-electron chi connectivity index (χ2n) is 7.27. The van der Waals surface area contributed by atoms with E-state index in [0.29, 0.717) is 56.0 Å². The van der Waals surface area contributed by atoms with Crippen LogP contribution in [-0.4, -0.2) is 29.3 Å². The molecule has 3 heterocycles. The molecule has 1 aliphatic heterocycles. The van der Waals surface area contributed by atoms with E-state index in [1.165, 1.54) is 6.07 Å². The average Bonchev–Trinajstić information content (AvgIpc) is 3.21. The molecule has 1 fully saturated rings. The molecule has 0 aliphatic carbocycles. The number of halogens is 1. The van der Waals surface area contributed by atoms with Crippen molar-refractivity contribution in [1.29, 1.82) is 0 Å². The number of carbonyl (C=O) groups is 1. The van der Waals surface area contributed by atoms with E-state index in [1.54, 1.807) is 36.7 Å². The summed E-state index contributed by atoms with van der Waals surface area (Å²) in [5, 5.41) is 7.04. The fourth-order valence-electron chi connectivity index (χ4n) is 3.64. The van der Waals surface area contributed by atoms with Gasteiger partial charge >= 0.3 is 0 Å². The van der Waals surface area contributed by atoms with Crippen molar-refractivity contribution < 1.29 is 18.4 Å². The van der Waals surface area contributed by atoms with Gasteiger partial charge < -0.3 is 14.6 Å². The van der Waals surface area contributed by atoms with E-state index in [2.05, 4.69) is 15.5 Å². The first-order chi connectivity index (χ1) is 14.2. The van der Waals surface area contributed by atoms with Crippen molar-refractivity contribution in [2.75, 3.05) is 13.2 Å². The summed E-state index contributed by atoms with van der Waals surface area (Å²) in [6.07, 6.45) is 4.96. The first-order valence-corrected chi connectivity index (χ1v) is 9.62. The summed E-state index contributed by atoms with van der Waals surface area (Å²) in [7, 11) is 0. The molecule has 1 aromatic carbocycles. The minimum Gasteiger partial charge on any atom is -0.381 e. The highest BCUT2D eigenvalue weighted by Gasteiger charge is 2.41. The molecule has 0 atom stereocenters. The van der Waals surface area contributed by atoms with E-state index in [1.807, 2.05) is 12.1 Å². The van der Waals surface area contributed by atoms with Gasteiger partial charge in [0.15, 0.2) is 0 Å². The van der Waals surface area contributed by atoms with Crippen molar-refractivity contribution in [2.45, 2.75) is 25.8 Å². The van der Waals surface area contributed by atoms with Crippen LogP contribution in [-0.2, 0) is 22.5 Å². The van der Waals surface area contributed by atoms with Crippen molar-refractivity contribution in [1.82, 2.24) is 15.5 Å². The Bertz CT molecular complexity index is 968. The highest BCUT2D eigenvalue weighted by Crippen LogP contribution is 2.36. The molecule has 0 saturated carbocycles. The van der Waals surface area contributed by atoms with E-state index >= 15 is 0 Å². The summed E-state index contributed by atoms with van der Waals surface area (Å²) in [5.74, 6) is 0.161. The van der Waals surface area contributed by atoms with Gasteiger partial charge in [-0.15, -0.1) is 0 Å². The Kier molecular flexibility index (Phi) is 5.67. The lowest BCUT2D eigenvalue weighted by Crippen LogP contribution is -2.45. The zero-order valence-corrected chi connectivity index (χ0v) is 15.9. The molecule has 3 aromatic rings. The number of amides is 1. The summed E-state index contributed by atoms with van der Waals surface area (Å²) in [6, 6.07) is 11.9. The van der Waals surface area contributed by atoms with Gasteiger partial charge in [0.05, 0.1) is 5.41 Å².